The van der Waals surface area contributed by atoms with E-state index in [1.807, 2.05) is 41.1 Å². The summed E-state index contributed by atoms with van der Waals surface area (Å²) < 4.78 is 12.9. The van der Waals surface area contributed by atoms with Crippen LogP contribution in [0.15, 0.2) is 91.5 Å². The highest BCUT2D eigenvalue weighted by Crippen LogP contribution is 2.26. The van der Waals surface area contributed by atoms with Crippen molar-refractivity contribution in [3.05, 3.63) is 108 Å². The van der Waals surface area contributed by atoms with Crippen molar-refractivity contribution >= 4 is 5.97 Å². The summed E-state index contributed by atoms with van der Waals surface area (Å²) in [4.78, 5) is 16.2. The Morgan fingerprint density at radius 1 is 1.06 bits per heavy atom. The van der Waals surface area contributed by atoms with Crippen molar-refractivity contribution < 1.29 is 14.3 Å². The van der Waals surface area contributed by atoms with Gasteiger partial charge < -0.3 is 14.0 Å². The summed E-state index contributed by atoms with van der Waals surface area (Å²) in [5.41, 5.74) is 5.80. The largest absolute Gasteiger partial charge is 0.489 e. The number of aromatic nitrogens is 2. The van der Waals surface area contributed by atoms with Crippen molar-refractivity contribution in [1.82, 2.24) is 14.9 Å². The maximum absolute atomic E-state index is 12.2. The van der Waals surface area contributed by atoms with E-state index in [-0.39, 0.29) is 5.97 Å². The molecule has 0 spiro atoms. The highest BCUT2D eigenvalue weighted by atomic mass is 16.5. The first-order valence-corrected chi connectivity index (χ1v) is 11.3. The van der Waals surface area contributed by atoms with Gasteiger partial charge in [-0.15, -0.1) is 0 Å². The third-order valence-corrected chi connectivity index (χ3v) is 5.81. The molecule has 0 aliphatic carbocycles. The Morgan fingerprint density at radius 3 is 2.65 bits per heavy atom. The lowest BCUT2D eigenvalue weighted by atomic mass is 9.97. The molecule has 1 heterocycles. The normalized spacial score (nSPS) is 11.7. The predicted molar refractivity (Wildman–Crippen MR) is 132 cm³/mol. The van der Waals surface area contributed by atoms with Crippen LogP contribution in [0.5, 0.6) is 5.75 Å². The molecule has 0 unspecified atom stereocenters. The monoisotopic (exact) mass is 455 g/mol. The summed E-state index contributed by atoms with van der Waals surface area (Å²) in [6.45, 7) is 3.57. The van der Waals surface area contributed by atoms with E-state index in [1.54, 1.807) is 12.5 Å². The summed E-state index contributed by atoms with van der Waals surface area (Å²) in [5.74, 6) is 0.475. The van der Waals surface area contributed by atoms with Crippen LogP contribution in [-0.4, -0.2) is 28.7 Å². The molecule has 0 radical (unpaired) electrons. The molecule has 6 heteroatoms. The molecule has 0 aliphatic heterocycles. The van der Waals surface area contributed by atoms with Crippen LogP contribution in [0.25, 0.3) is 11.1 Å². The number of carbonyl (C=O) groups excluding carboxylic acids is 1. The van der Waals surface area contributed by atoms with Crippen LogP contribution in [0.3, 0.4) is 0 Å². The zero-order chi connectivity index (χ0) is 23.8. The molecule has 6 nitrogen and oxygen atoms in total. The Hall–Kier alpha value is -3.90. The van der Waals surface area contributed by atoms with Crippen LogP contribution in [0.2, 0.25) is 0 Å². The molecular formula is C28H29N3O3. The number of methoxy groups -OCH3 is 1. The van der Waals surface area contributed by atoms with Crippen molar-refractivity contribution in [2.24, 2.45) is 0 Å². The van der Waals surface area contributed by atoms with E-state index in [2.05, 4.69) is 59.7 Å². The van der Waals surface area contributed by atoms with Gasteiger partial charge in [0.25, 0.3) is 0 Å². The van der Waals surface area contributed by atoms with Gasteiger partial charge in [-0.05, 0) is 46.9 Å². The second-order valence-electron chi connectivity index (χ2n) is 8.11. The average molecular weight is 456 g/mol. The van der Waals surface area contributed by atoms with Gasteiger partial charge in [0.1, 0.15) is 18.4 Å². The van der Waals surface area contributed by atoms with Crippen molar-refractivity contribution in [2.45, 2.75) is 32.7 Å². The molecule has 174 valence electrons. The highest BCUT2D eigenvalue weighted by Gasteiger charge is 2.19. The van der Waals surface area contributed by atoms with Crippen molar-refractivity contribution in [1.29, 1.82) is 0 Å². The molecular weight excluding hydrogens is 426 g/mol. The minimum Gasteiger partial charge on any atom is -0.489 e. The second kappa shape index (κ2) is 11.3. The van der Waals surface area contributed by atoms with E-state index in [0.717, 1.165) is 16.9 Å². The number of esters is 1. The average Bonchev–Trinajstić information content (AvgIpc) is 3.39. The standard InChI is InChI=1S/C28H29N3O3/c1-21-24(11-7-13-26(21)23-9-4-3-5-10-23)19-34-25-12-6-8-22(16-25)17-30-27(28(32)33-2)18-31-15-14-29-20-31/h3-16,20,27,30H,17-19H2,1-2H3/t27-/m1/s1. The molecule has 0 aliphatic rings. The van der Waals surface area contributed by atoms with Gasteiger partial charge in [0, 0.05) is 25.5 Å². The van der Waals surface area contributed by atoms with Crippen molar-refractivity contribution in [2.75, 3.05) is 7.11 Å². The number of benzene rings is 3. The minimum atomic E-state index is -0.479. The van der Waals surface area contributed by atoms with Crippen LogP contribution in [0.1, 0.15) is 16.7 Å². The van der Waals surface area contributed by atoms with Gasteiger partial charge in [0.15, 0.2) is 0 Å². The number of rotatable bonds is 10. The first-order chi connectivity index (χ1) is 16.6. The quantitative estimate of drug-likeness (QED) is 0.349. The maximum Gasteiger partial charge on any atom is 0.324 e. The number of carbonyl (C=O) groups is 1. The Labute approximate surface area is 200 Å². The predicted octanol–water partition coefficient (Wildman–Crippen LogP) is 4.77. The van der Waals surface area contributed by atoms with E-state index in [4.69, 9.17) is 9.47 Å². The molecule has 3 aromatic carbocycles. The molecule has 0 saturated heterocycles. The number of hydrogen-bond donors (Lipinski definition) is 1. The van der Waals surface area contributed by atoms with E-state index < -0.39 is 6.04 Å². The molecule has 0 saturated carbocycles. The third-order valence-electron chi connectivity index (χ3n) is 5.81. The molecule has 34 heavy (non-hydrogen) atoms. The fourth-order valence-electron chi connectivity index (χ4n) is 3.89. The van der Waals surface area contributed by atoms with Crippen LogP contribution in [-0.2, 0) is 29.2 Å². The van der Waals surface area contributed by atoms with Crippen LogP contribution >= 0.6 is 0 Å². The molecule has 0 amide bonds. The van der Waals surface area contributed by atoms with E-state index >= 15 is 0 Å². The molecule has 1 N–H and O–H groups in total. The van der Waals surface area contributed by atoms with Gasteiger partial charge >= 0.3 is 5.97 Å². The number of hydrogen-bond acceptors (Lipinski definition) is 5. The van der Waals surface area contributed by atoms with Crippen LogP contribution in [0, 0.1) is 6.92 Å². The fraction of sp³-hybridized carbons (Fsp3) is 0.214. The smallest absolute Gasteiger partial charge is 0.324 e. The minimum absolute atomic E-state index is 0.310. The molecule has 1 aromatic heterocycles. The summed E-state index contributed by atoms with van der Waals surface area (Å²) in [5, 5.41) is 3.28. The maximum atomic E-state index is 12.2. The van der Waals surface area contributed by atoms with E-state index in [9.17, 15) is 4.79 Å². The first-order valence-electron chi connectivity index (χ1n) is 11.3. The second-order valence-corrected chi connectivity index (χ2v) is 8.11. The van der Waals surface area contributed by atoms with Crippen molar-refractivity contribution in [3.63, 3.8) is 0 Å². The Bertz CT molecular complexity index is 1210. The number of nitrogens with one attached hydrogen (secondary N) is 1. The molecule has 1 atom stereocenters. The molecule has 4 aromatic rings. The fourth-order valence-corrected chi connectivity index (χ4v) is 3.89. The summed E-state index contributed by atoms with van der Waals surface area (Å²) >= 11 is 0. The molecule has 4 rings (SSSR count). The van der Waals surface area contributed by atoms with Crippen LogP contribution < -0.4 is 10.1 Å². The zero-order valence-corrected chi connectivity index (χ0v) is 19.5. The topological polar surface area (TPSA) is 65.4 Å². The van der Waals surface area contributed by atoms with Gasteiger partial charge in [-0.25, -0.2) is 4.98 Å². The summed E-state index contributed by atoms with van der Waals surface area (Å²) in [6.07, 6.45) is 5.19. The lowest BCUT2D eigenvalue weighted by Gasteiger charge is -2.17. The molecule has 0 bridgehead atoms. The Balaban J connectivity index is 1.40. The number of nitrogens with zero attached hydrogens (tertiary/aromatic N) is 2. The number of ether oxygens (including phenoxy) is 2. The van der Waals surface area contributed by atoms with E-state index in [1.165, 1.54) is 23.8 Å². The van der Waals surface area contributed by atoms with Crippen LogP contribution in [0.4, 0.5) is 0 Å². The zero-order valence-electron chi connectivity index (χ0n) is 19.5. The Kier molecular flexibility index (Phi) is 7.73. The number of imidazole rings is 1. The van der Waals surface area contributed by atoms with E-state index in [0.29, 0.717) is 19.7 Å². The SMILES string of the molecule is COC(=O)[C@@H](Cn1ccnc1)NCc1cccc(OCc2cccc(-c3ccccc3)c2C)c1. The van der Waals surface area contributed by atoms with Gasteiger partial charge in [0.2, 0.25) is 0 Å². The molecule has 0 fully saturated rings. The van der Waals surface area contributed by atoms with Gasteiger partial charge in [-0.1, -0.05) is 60.7 Å². The Morgan fingerprint density at radius 2 is 1.88 bits per heavy atom. The highest BCUT2D eigenvalue weighted by molar-refractivity contribution is 5.75. The lowest BCUT2D eigenvalue weighted by Crippen LogP contribution is -2.40. The van der Waals surface area contributed by atoms with Gasteiger partial charge in [0.05, 0.1) is 13.4 Å². The summed E-state index contributed by atoms with van der Waals surface area (Å²) in [7, 11) is 1.40. The lowest BCUT2D eigenvalue weighted by molar-refractivity contribution is -0.143. The van der Waals surface area contributed by atoms with Crippen molar-refractivity contribution in [3.8, 4) is 16.9 Å². The van der Waals surface area contributed by atoms with Gasteiger partial charge in [-0.3, -0.25) is 10.1 Å². The summed E-state index contributed by atoms with van der Waals surface area (Å²) in [6, 6.07) is 24.1. The first kappa shape index (κ1) is 23.3. The van der Waals surface area contributed by atoms with Gasteiger partial charge in [-0.2, -0.15) is 0 Å². The third kappa shape index (κ3) is 5.91.